The van der Waals surface area contributed by atoms with E-state index >= 15 is 0 Å². The molecule has 0 aliphatic carbocycles. The summed E-state index contributed by atoms with van der Waals surface area (Å²) >= 11 is 0. The number of carbonyl (C=O) groups is 1. The Morgan fingerprint density at radius 1 is 1.41 bits per heavy atom. The van der Waals surface area contributed by atoms with Crippen molar-refractivity contribution >= 4 is 11.7 Å². The van der Waals surface area contributed by atoms with E-state index in [0.717, 1.165) is 24.2 Å². The molecule has 3 heteroatoms. The Hall–Kier alpha value is -1.77. The maximum absolute atomic E-state index is 11.2. The van der Waals surface area contributed by atoms with Crippen LogP contribution in [-0.2, 0) is 16.0 Å². The van der Waals surface area contributed by atoms with Gasteiger partial charge in [-0.05, 0) is 31.0 Å². The van der Waals surface area contributed by atoms with Crippen LogP contribution in [-0.4, -0.2) is 19.1 Å². The van der Waals surface area contributed by atoms with Gasteiger partial charge in [0.15, 0.2) is 0 Å². The Kier molecular flexibility index (Phi) is 5.86. The molecular formula is C14H19NO2. The SMILES string of the molecule is C=CCNc1ccc(CCC(=O)OCC)cc1. The van der Waals surface area contributed by atoms with E-state index in [4.69, 9.17) is 4.74 Å². The molecule has 0 heterocycles. The van der Waals surface area contributed by atoms with Crippen LogP contribution in [0.4, 0.5) is 5.69 Å². The van der Waals surface area contributed by atoms with E-state index in [0.29, 0.717) is 13.0 Å². The third-order valence-electron chi connectivity index (χ3n) is 2.33. The van der Waals surface area contributed by atoms with Gasteiger partial charge in [-0.1, -0.05) is 18.2 Å². The quantitative estimate of drug-likeness (QED) is 0.581. The summed E-state index contributed by atoms with van der Waals surface area (Å²) in [6, 6.07) is 8.04. The van der Waals surface area contributed by atoms with Crippen LogP contribution < -0.4 is 5.32 Å². The third-order valence-corrected chi connectivity index (χ3v) is 2.33. The summed E-state index contributed by atoms with van der Waals surface area (Å²) in [5.41, 5.74) is 2.20. The molecule has 3 nitrogen and oxygen atoms in total. The number of ether oxygens (including phenoxy) is 1. The van der Waals surface area contributed by atoms with Gasteiger partial charge in [0, 0.05) is 18.7 Å². The standard InChI is InChI=1S/C14H19NO2/c1-3-11-15-13-8-5-12(6-9-13)7-10-14(16)17-4-2/h3,5-6,8-9,15H,1,4,7,10-11H2,2H3. The molecule has 0 unspecified atom stereocenters. The minimum Gasteiger partial charge on any atom is -0.466 e. The largest absolute Gasteiger partial charge is 0.466 e. The molecule has 1 N–H and O–H groups in total. The number of hydrogen-bond donors (Lipinski definition) is 1. The topological polar surface area (TPSA) is 38.3 Å². The lowest BCUT2D eigenvalue weighted by Crippen LogP contribution is -2.05. The first kappa shape index (κ1) is 13.3. The lowest BCUT2D eigenvalue weighted by atomic mass is 10.1. The number of aryl methyl sites for hydroxylation is 1. The molecule has 0 atom stereocenters. The fraction of sp³-hybridized carbons (Fsp3) is 0.357. The average molecular weight is 233 g/mol. The summed E-state index contributed by atoms with van der Waals surface area (Å²) in [5.74, 6) is -0.138. The molecule has 17 heavy (non-hydrogen) atoms. The molecule has 0 amide bonds. The average Bonchev–Trinajstić information content (AvgIpc) is 2.35. The minimum atomic E-state index is -0.138. The van der Waals surface area contributed by atoms with Gasteiger partial charge in [0.1, 0.15) is 0 Å². The molecule has 0 aliphatic rings. The van der Waals surface area contributed by atoms with Crippen molar-refractivity contribution < 1.29 is 9.53 Å². The predicted octanol–water partition coefficient (Wildman–Crippen LogP) is 2.78. The Bertz CT molecular complexity index is 357. The summed E-state index contributed by atoms with van der Waals surface area (Å²) in [4.78, 5) is 11.2. The number of nitrogens with one attached hydrogen (secondary N) is 1. The van der Waals surface area contributed by atoms with Crippen LogP contribution in [0.15, 0.2) is 36.9 Å². The van der Waals surface area contributed by atoms with Crippen molar-refractivity contribution in [1.82, 2.24) is 0 Å². The van der Waals surface area contributed by atoms with Crippen molar-refractivity contribution in [3.63, 3.8) is 0 Å². The monoisotopic (exact) mass is 233 g/mol. The Morgan fingerprint density at radius 2 is 2.12 bits per heavy atom. The van der Waals surface area contributed by atoms with Crippen molar-refractivity contribution in [3.05, 3.63) is 42.5 Å². The van der Waals surface area contributed by atoms with Gasteiger partial charge in [0.25, 0.3) is 0 Å². The highest BCUT2D eigenvalue weighted by Crippen LogP contribution is 2.11. The maximum Gasteiger partial charge on any atom is 0.306 e. The van der Waals surface area contributed by atoms with Gasteiger partial charge in [-0.3, -0.25) is 4.79 Å². The molecule has 0 aliphatic heterocycles. The highest BCUT2D eigenvalue weighted by molar-refractivity contribution is 5.69. The lowest BCUT2D eigenvalue weighted by molar-refractivity contribution is -0.143. The van der Waals surface area contributed by atoms with Gasteiger partial charge in [-0.2, -0.15) is 0 Å². The molecular weight excluding hydrogens is 214 g/mol. The second-order valence-corrected chi connectivity index (χ2v) is 3.67. The zero-order valence-electron chi connectivity index (χ0n) is 10.2. The first-order chi connectivity index (χ1) is 8.26. The van der Waals surface area contributed by atoms with E-state index < -0.39 is 0 Å². The molecule has 92 valence electrons. The van der Waals surface area contributed by atoms with E-state index in [9.17, 15) is 4.79 Å². The Balaban J connectivity index is 2.39. The first-order valence-corrected chi connectivity index (χ1v) is 5.85. The van der Waals surface area contributed by atoms with Crippen LogP contribution in [0.3, 0.4) is 0 Å². The number of hydrogen-bond acceptors (Lipinski definition) is 3. The highest BCUT2D eigenvalue weighted by atomic mass is 16.5. The van der Waals surface area contributed by atoms with Crippen molar-refractivity contribution in [1.29, 1.82) is 0 Å². The van der Waals surface area contributed by atoms with Crippen molar-refractivity contribution in [2.45, 2.75) is 19.8 Å². The smallest absolute Gasteiger partial charge is 0.306 e. The number of benzene rings is 1. The Morgan fingerprint density at radius 3 is 2.71 bits per heavy atom. The van der Waals surface area contributed by atoms with Gasteiger partial charge in [-0.15, -0.1) is 6.58 Å². The predicted molar refractivity (Wildman–Crippen MR) is 70.1 cm³/mol. The van der Waals surface area contributed by atoms with Gasteiger partial charge in [0.2, 0.25) is 0 Å². The number of carbonyl (C=O) groups excluding carboxylic acids is 1. The summed E-state index contributed by atoms with van der Waals surface area (Å²) < 4.78 is 4.88. The van der Waals surface area contributed by atoms with Crippen LogP contribution in [0.5, 0.6) is 0 Å². The normalized spacial score (nSPS) is 9.71. The zero-order chi connectivity index (χ0) is 12.5. The van der Waals surface area contributed by atoms with Crippen LogP contribution in [0.1, 0.15) is 18.9 Å². The number of esters is 1. The molecule has 0 saturated carbocycles. The van der Waals surface area contributed by atoms with Crippen LogP contribution in [0, 0.1) is 0 Å². The second-order valence-electron chi connectivity index (χ2n) is 3.67. The molecule has 0 aromatic heterocycles. The van der Waals surface area contributed by atoms with Crippen molar-refractivity contribution in [2.24, 2.45) is 0 Å². The molecule has 0 radical (unpaired) electrons. The fourth-order valence-electron chi connectivity index (χ4n) is 1.46. The zero-order valence-corrected chi connectivity index (χ0v) is 10.2. The Labute approximate surface area is 102 Å². The van der Waals surface area contributed by atoms with Crippen LogP contribution in [0.25, 0.3) is 0 Å². The second kappa shape index (κ2) is 7.49. The fourth-order valence-corrected chi connectivity index (χ4v) is 1.46. The summed E-state index contributed by atoms with van der Waals surface area (Å²) in [5, 5.41) is 3.20. The highest BCUT2D eigenvalue weighted by Gasteiger charge is 2.02. The van der Waals surface area contributed by atoms with Crippen molar-refractivity contribution in [3.8, 4) is 0 Å². The number of anilines is 1. The molecule has 0 saturated heterocycles. The van der Waals surface area contributed by atoms with Gasteiger partial charge < -0.3 is 10.1 Å². The van der Waals surface area contributed by atoms with E-state index in [1.165, 1.54) is 0 Å². The van der Waals surface area contributed by atoms with E-state index in [1.807, 2.05) is 37.3 Å². The molecule has 0 bridgehead atoms. The molecule has 1 aromatic carbocycles. The van der Waals surface area contributed by atoms with Gasteiger partial charge in [0.05, 0.1) is 6.61 Å². The van der Waals surface area contributed by atoms with Crippen molar-refractivity contribution in [2.75, 3.05) is 18.5 Å². The summed E-state index contributed by atoms with van der Waals surface area (Å²) in [6.45, 7) is 6.66. The van der Waals surface area contributed by atoms with Crippen LogP contribution >= 0.6 is 0 Å². The molecule has 0 spiro atoms. The number of rotatable bonds is 7. The molecule has 0 fully saturated rings. The van der Waals surface area contributed by atoms with E-state index in [1.54, 1.807) is 0 Å². The summed E-state index contributed by atoms with van der Waals surface area (Å²) in [6.07, 6.45) is 2.97. The van der Waals surface area contributed by atoms with Crippen LogP contribution in [0.2, 0.25) is 0 Å². The first-order valence-electron chi connectivity index (χ1n) is 5.85. The third kappa shape index (κ3) is 5.20. The molecule has 1 rings (SSSR count). The lowest BCUT2D eigenvalue weighted by Gasteiger charge is -2.05. The van der Waals surface area contributed by atoms with Gasteiger partial charge in [-0.25, -0.2) is 0 Å². The molecule has 1 aromatic rings. The summed E-state index contributed by atoms with van der Waals surface area (Å²) in [7, 11) is 0. The minimum absolute atomic E-state index is 0.138. The van der Waals surface area contributed by atoms with Gasteiger partial charge >= 0.3 is 5.97 Å². The maximum atomic E-state index is 11.2. The van der Waals surface area contributed by atoms with E-state index in [2.05, 4.69) is 11.9 Å². The van der Waals surface area contributed by atoms with E-state index in [-0.39, 0.29) is 5.97 Å².